The van der Waals surface area contributed by atoms with Gasteiger partial charge in [0.25, 0.3) is 0 Å². The molecule has 0 aliphatic carbocycles. The Labute approximate surface area is 113 Å². The molecule has 0 fully saturated rings. The van der Waals surface area contributed by atoms with Crippen LogP contribution < -0.4 is 10.6 Å². The topological polar surface area (TPSA) is 98.7 Å². The largest absolute Gasteiger partial charge is 0.479 e. The minimum absolute atomic E-state index is 0.104. The zero-order valence-corrected chi connectivity index (χ0v) is 10.7. The van der Waals surface area contributed by atoms with Crippen LogP contribution in [0.1, 0.15) is 6.92 Å². The van der Waals surface area contributed by atoms with E-state index in [1.807, 2.05) is 0 Å². The third kappa shape index (κ3) is 4.72. The van der Waals surface area contributed by atoms with E-state index < -0.39 is 30.0 Å². The van der Waals surface area contributed by atoms with Crippen molar-refractivity contribution >= 4 is 29.3 Å². The zero-order valence-electron chi connectivity index (χ0n) is 9.91. The highest BCUT2D eigenvalue weighted by atomic mass is 35.5. The van der Waals surface area contributed by atoms with Crippen LogP contribution in [0.2, 0.25) is 5.02 Å². The van der Waals surface area contributed by atoms with Crippen LogP contribution >= 0.6 is 11.6 Å². The predicted octanol–water partition coefficient (Wildman–Crippen LogP) is 1.44. The van der Waals surface area contributed by atoms with E-state index in [9.17, 15) is 19.1 Å². The third-order valence-electron chi connectivity index (χ3n) is 2.17. The Kier molecular flexibility index (Phi) is 4.68. The van der Waals surface area contributed by atoms with E-state index in [0.717, 1.165) is 19.1 Å². The molecule has 0 aliphatic heterocycles. The van der Waals surface area contributed by atoms with Gasteiger partial charge in [-0.05, 0) is 25.1 Å². The van der Waals surface area contributed by atoms with Crippen molar-refractivity contribution < 1.29 is 24.2 Å². The zero-order chi connectivity index (χ0) is 14.6. The first-order valence-electron chi connectivity index (χ1n) is 5.17. The number of rotatable bonds is 4. The van der Waals surface area contributed by atoms with Gasteiger partial charge in [-0.25, -0.2) is 14.0 Å². The van der Waals surface area contributed by atoms with Gasteiger partial charge >= 0.3 is 12.0 Å². The molecule has 0 aliphatic rings. The summed E-state index contributed by atoms with van der Waals surface area (Å²) in [6, 6.07) is 2.64. The lowest BCUT2D eigenvalue weighted by Gasteiger charge is -2.18. The Morgan fingerprint density at radius 1 is 1.42 bits per heavy atom. The molecule has 104 valence electrons. The van der Waals surface area contributed by atoms with Gasteiger partial charge in [0.2, 0.25) is 0 Å². The predicted molar refractivity (Wildman–Crippen MR) is 66.7 cm³/mol. The van der Waals surface area contributed by atoms with E-state index in [0.29, 0.717) is 0 Å². The molecule has 4 N–H and O–H groups in total. The number of carbonyl (C=O) groups is 2. The van der Waals surface area contributed by atoms with E-state index >= 15 is 0 Å². The highest BCUT2D eigenvalue weighted by Crippen LogP contribution is 2.17. The fourth-order valence-electron chi connectivity index (χ4n) is 1.13. The van der Waals surface area contributed by atoms with Crippen LogP contribution in [0.15, 0.2) is 18.2 Å². The number of urea groups is 1. The van der Waals surface area contributed by atoms with Gasteiger partial charge in [0.1, 0.15) is 5.82 Å². The highest BCUT2D eigenvalue weighted by Gasteiger charge is 2.30. The number of nitrogens with one attached hydrogen (secondary N) is 2. The summed E-state index contributed by atoms with van der Waals surface area (Å²) in [5.74, 6) is -2.10. The summed E-state index contributed by atoms with van der Waals surface area (Å²) < 4.78 is 13.0. The summed E-state index contributed by atoms with van der Waals surface area (Å²) in [5, 5.41) is 22.5. The van der Waals surface area contributed by atoms with Crippen LogP contribution in [0, 0.1) is 5.82 Å². The Morgan fingerprint density at radius 3 is 2.58 bits per heavy atom. The first-order valence-corrected chi connectivity index (χ1v) is 5.55. The van der Waals surface area contributed by atoms with E-state index in [-0.39, 0.29) is 10.7 Å². The van der Waals surface area contributed by atoms with Gasteiger partial charge in [-0.1, -0.05) is 11.6 Å². The Hall–Kier alpha value is -1.86. The first kappa shape index (κ1) is 15.2. The van der Waals surface area contributed by atoms with Crippen molar-refractivity contribution in [2.24, 2.45) is 0 Å². The maximum atomic E-state index is 13.0. The van der Waals surface area contributed by atoms with Gasteiger partial charge in [-0.2, -0.15) is 0 Å². The number of halogens is 2. The molecule has 2 amide bonds. The number of aliphatic carboxylic acids is 1. The molecule has 1 atom stereocenters. The van der Waals surface area contributed by atoms with Crippen LogP contribution in [0.5, 0.6) is 0 Å². The second-order valence-corrected chi connectivity index (χ2v) is 4.48. The van der Waals surface area contributed by atoms with Crippen molar-refractivity contribution in [3.8, 4) is 0 Å². The van der Waals surface area contributed by atoms with Crippen LogP contribution in [-0.2, 0) is 4.79 Å². The number of carbonyl (C=O) groups excluding carboxylic acids is 1. The summed E-state index contributed by atoms with van der Waals surface area (Å²) >= 11 is 5.60. The van der Waals surface area contributed by atoms with Crippen molar-refractivity contribution in [2.75, 3.05) is 11.9 Å². The second kappa shape index (κ2) is 5.85. The molecule has 6 nitrogen and oxygen atoms in total. The third-order valence-corrected chi connectivity index (χ3v) is 2.39. The lowest BCUT2D eigenvalue weighted by atomic mass is 10.1. The number of aliphatic hydroxyl groups is 1. The minimum Gasteiger partial charge on any atom is -0.479 e. The Bertz CT molecular complexity index is 487. The molecule has 1 rings (SSSR count). The van der Waals surface area contributed by atoms with Crippen LogP contribution in [-0.4, -0.2) is 34.4 Å². The molecule has 1 unspecified atom stereocenters. The maximum absolute atomic E-state index is 13.0. The van der Waals surface area contributed by atoms with Gasteiger partial charge in [0, 0.05) is 10.7 Å². The van der Waals surface area contributed by atoms with Gasteiger partial charge < -0.3 is 20.8 Å². The van der Waals surface area contributed by atoms with Crippen LogP contribution in [0.25, 0.3) is 0 Å². The molecular formula is C11H12ClFN2O4. The molecule has 1 aromatic rings. The molecule has 0 radical (unpaired) electrons. The number of carboxylic acid groups (broad SMARTS) is 1. The standard InChI is InChI=1S/C11H12ClFN2O4/c1-11(19,9(16)17)5-14-10(18)15-8-3-6(12)2-7(13)4-8/h2-4,19H,5H2,1H3,(H,16,17)(H2,14,15,18). The lowest BCUT2D eigenvalue weighted by Crippen LogP contribution is -2.47. The van der Waals surface area contributed by atoms with Crippen molar-refractivity contribution in [1.82, 2.24) is 5.32 Å². The van der Waals surface area contributed by atoms with Crippen LogP contribution in [0.3, 0.4) is 0 Å². The normalized spacial score (nSPS) is 13.5. The first-order chi connectivity index (χ1) is 8.70. The number of hydrogen-bond acceptors (Lipinski definition) is 3. The smallest absolute Gasteiger partial charge is 0.337 e. The van der Waals surface area contributed by atoms with Gasteiger partial charge in [-0.3, -0.25) is 0 Å². The molecular weight excluding hydrogens is 279 g/mol. The summed E-state index contributed by atoms with van der Waals surface area (Å²) in [4.78, 5) is 22.0. The number of amides is 2. The van der Waals surface area contributed by atoms with Crippen molar-refractivity contribution in [3.05, 3.63) is 29.0 Å². The number of hydrogen-bond donors (Lipinski definition) is 4. The fourth-order valence-corrected chi connectivity index (χ4v) is 1.35. The Morgan fingerprint density at radius 2 is 2.05 bits per heavy atom. The molecule has 0 saturated carbocycles. The van der Waals surface area contributed by atoms with Gasteiger partial charge in [0.05, 0.1) is 6.54 Å². The number of benzene rings is 1. The molecule has 0 saturated heterocycles. The van der Waals surface area contributed by atoms with Crippen molar-refractivity contribution in [1.29, 1.82) is 0 Å². The molecule has 8 heteroatoms. The molecule has 1 aromatic carbocycles. The molecule has 0 heterocycles. The number of carboxylic acids is 1. The average molecular weight is 291 g/mol. The second-order valence-electron chi connectivity index (χ2n) is 4.04. The summed E-state index contributed by atoms with van der Waals surface area (Å²) in [6.45, 7) is 0.534. The molecule has 19 heavy (non-hydrogen) atoms. The average Bonchev–Trinajstić information content (AvgIpc) is 2.24. The van der Waals surface area contributed by atoms with E-state index in [1.165, 1.54) is 6.07 Å². The quantitative estimate of drug-likeness (QED) is 0.674. The van der Waals surface area contributed by atoms with E-state index in [4.69, 9.17) is 16.7 Å². The fraction of sp³-hybridized carbons (Fsp3) is 0.273. The van der Waals surface area contributed by atoms with Gasteiger partial charge in [0.15, 0.2) is 5.60 Å². The summed E-state index contributed by atoms with van der Waals surface area (Å²) in [6.07, 6.45) is 0. The Balaban J connectivity index is 2.59. The van der Waals surface area contributed by atoms with E-state index in [2.05, 4.69) is 10.6 Å². The maximum Gasteiger partial charge on any atom is 0.337 e. The number of anilines is 1. The van der Waals surface area contributed by atoms with Crippen molar-refractivity contribution in [3.63, 3.8) is 0 Å². The lowest BCUT2D eigenvalue weighted by molar-refractivity contribution is -0.155. The monoisotopic (exact) mass is 290 g/mol. The van der Waals surface area contributed by atoms with E-state index in [1.54, 1.807) is 0 Å². The molecule has 0 bridgehead atoms. The minimum atomic E-state index is -2.09. The highest BCUT2D eigenvalue weighted by molar-refractivity contribution is 6.30. The summed E-state index contributed by atoms with van der Waals surface area (Å²) in [7, 11) is 0. The SMILES string of the molecule is CC(O)(CNC(=O)Nc1cc(F)cc(Cl)c1)C(=O)O. The van der Waals surface area contributed by atoms with Crippen molar-refractivity contribution in [2.45, 2.75) is 12.5 Å². The molecule has 0 spiro atoms. The van der Waals surface area contributed by atoms with Gasteiger partial charge in [-0.15, -0.1) is 0 Å². The van der Waals surface area contributed by atoms with Crippen LogP contribution in [0.4, 0.5) is 14.9 Å². The molecule has 0 aromatic heterocycles. The summed E-state index contributed by atoms with van der Waals surface area (Å²) in [5.41, 5.74) is -1.98.